The number of benzene rings is 1. The number of aryl methyl sites for hydroxylation is 1. The molecule has 7 heteroatoms. The number of hydrogen-bond acceptors (Lipinski definition) is 4. The summed E-state index contributed by atoms with van der Waals surface area (Å²) >= 11 is 0. The van der Waals surface area contributed by atoms with Crippen molar-refractivity contribution in [2.45, 2.75) is 26.8 Å². The first kappa shape index (κ1) is 18.6. The first-order valence-electron chi connectivity index (χ1n) is 8.06. The van der Waals surface area contributed by atoms with E-state index in [-0.39, 0.29) is 18.6 Å². The Morgan fingerprint density at radius 3 is 2.64 bits per heavy atom. The molecular formula is C18H24N2O5. The van der Waals surface area contributed by atoms with Crippen molar-refractivity contribution < 1.29 is 23.8 Å². The molecule has 2 amide bonds. The van der Waals surface area contributed by atoms with Gasteiger partial charge in [-0.2, -0.15) is 0 Å². The molecule has 2 unspecified atom stereocenters. The zero-order valence-electron chi connectivity index (χ0n) is 15.1. The average Bonchev–Trinajstić information content (AvgIpc) is 2.90. The number of carbonyl (C=O) groups is 2. The van der Waals surface area contributed by atoms with E-state index in [2.05, 4.69) is 5.32 Å². The smallest absolute Gasteiger partial charge is 0.317 e. The number of carbonyl (C=O) groups excluding carboxylic acids is 1. The van der Waals surface area contributed by atoms with Crippen molar-refractivity contribution in [3.8, 4) is 5.75 Å². The molecule has 7 nitrogen and oxygen atoms in total. The Morgan fingerprint density at radius 2 is 2.04 bits per heavy atom. The summed E-state index contributed by atoms with van der Waals surface area (Å²) in [5, 5.41) is 12.7. The van der Waals surface area contributed by atoms with Crippen LogP contribution < -0.4 is 10.1 Å². The van der Waals surface area contributed by atoms with Gasteiger partial charge in [0.1, 0.15) is 17.1 Å². The van der Waals surface area contributed by atoms with Crippen LogP contribution in [0.15, 0.2) is 22.6 Å². The fraction of sp³-hybridized carbons (Fsp3) is 0.444. The van der Waals surface area contributed by atoms with Crippen LogP contribution in [0.25, 0.3) is 11.0 Å². The van der Waals surface area contributed by atoms with E-state index in [1.807, 2.05) is 32.0 Å². The maximum Gasteiger partial charge on any atom is 0.317 e. The third-order valence-electron chi connectivity index (χ3n) is 4.23. The number of carboxylic acids is 1. The molecule has 0 spiro atoms. The van der Waals surface area contributed by atoms with Crippen LogP contribution in [-0.4, -0.2) is 42.7 Å². The molecule has 136 valence electrons. The van der Waals surface area contributed by atoms with Crippen molar-refractivity contribution in [3.05, 3.63) is 29.5 Å². The SMILES string of the molecule is COc1ccc2oc(C(C)NC(=O)N(C)CC(C)C(=O)O)c(C)c2c1. The van der Waals surface area contributed by atoms with Crippen LogP contribution in [-0.2, 0) is 4.79 Å². The highest BCUT2D eigenvalue weighted by Gasteiger charge is 2.22. The zero-order chi connectivity index (χ0) is 18.7. The van der Waals surface area contributed by atoms with Gasteiger partial charge in [-0.15, -0.1) is 0 Å². The number of amides is 2. The van der Waals surface area contributed by atoms with Crippen LogP contribution in [0.4, 0.5) is 4.79 Å². The van der Waals surface area contributed by atoms with E-state index in [9.17, 15) is 9.59 Å². The highest BCUT2D eigenvalue weighted by molar-refractivity contribution is 5.84. The number of hydrogen-bond donors (Lipinski definition) is 2. The van der Waals surface area contributed by atoms with Gasteiger partial charge < -0.3 is 24.5 Å². The molecule has 2 atom stereocenters. The monoisotopic (exact) mass is 348 g/mol. The molecule has 0 saturated carbocycles. The fourth-order valence-electron chi connectivity index (χ4n) is 2.69. The lowest BCUT2D eigenvalue weighted by atomic mass is 10.1. The lowest BCUT2D eigenvalue weighted by molar-refractivity contribution is -0.141. The lowest BCUT2D eigenvalue weighted by Gasteiger charge is -2.22. The van der Waals surface area contributed by atoms with E-state index in [0.29, 0.717) is 5.76 Å². The zero-order valence-corrected chi connectivity index (χ0v) is 15.1. The quantitative estimate of drug-likeness (QED) is 0.836. The number of nitrogens with one attached hydrogen (secondary N) is 1. The predicted molar refractivity (Wildman–Crippen MR) is 93.9 cm³/mol. The van der Waals surface area contributed by atoms with Gasteiger partial charge in [-0.3, -0.25) is 4.79 Å². The molecule has 2 rings (SSSR count). The lowest BCUT2D eigenvalue weighted by Crippen LogP contribution is -2.41. The molecule has 0 aliphatic heterocycles. The van der Waals surface area contributed by atoms with Crippen LogP contribution in [0.5, 0.6) is 5.75 Å². The number of nitrogens with zero attached hydrogens (tertiary/aromatic N) is 1. The predicted octanol–water partition coefficient (Wildman–Crippen LogP) is 3.17. The Bertz CT molecular complexity index is 783. The minimum Gasteiger partial charge on any atom is -0.497 e. The molecule has 0 fully saturated rings. The third kappa shape index (κ3) is 4.04. The molecular weight excluding hydrogens is 324 g/mol. The van der Waals surface area contributed by atoms with Crippen molar-refractivity contribution in [1.82, 2.24) is 10.2 Å². The Balaban J connectivity index is 2.13. The second-order valence-electron chi connectivity index (χ2n) is 6.24. The van der Waals surface area contributed by atoms with Gasteiger partial charge >= 0.3 is 12.0 Å². The summed E-state index contributed by atoms with van der Waals surface area (Å²) in [4.78, 5) is 24.5. The molecule has 0 saturated heterocycles. The number of rotatable bonds is 6. The highest BCUT2D eigenvalue weighted by Crippen LogP contribution is 2.31. The molecule has 0 aliphatic carbocycles. The van der Waals surface area contributed by atoms with Gasteiger partial charge in [0.05, 0.1) is 19.1 Å². The maximum absolute atomic E-state index is 12.3. The summed E-state index contributed by atoms with van der Waals surface area (Å²) in [6.45, 7) is 5.45. The van der Waals surface area contributed by atoms with Crippen molar-refractivity contribution in [1.29, 1.82) is 0 Å². The number of fused-ring (bicyclic) bond motifs is 1. The number of carboxylic acid groups (broad SMARTS) is 1. The largest absolute Gasteiger partial charge is 0.497 e. The molecule has 1 aromatic heterocycles. The molecule has 0 radical (unpaired) electrons. The number of urea groups is 1. The van der Waals surface area contributed by atoms with Crippen molar-refractivity contribution in [2.75, 3.05) is 20.7 Å². The maximum atomic E-state index is 12.3. The van der Waals surface area contributed by atoms with Gasteiger partial charge in [0.2, 0.25) is 0 Å². The van der Waals surface area contributed by atoms with Crippen molar-refractivity contribution in [2.24, 2.45) is 5.92 Å². The summed E-state index contributed by atoms with van der Waals surface area (Å²) in [7, 11) is 3.17. The van der Waals surface area contributed by atoms with E-state index in [1.54, 1.807) is 21.1 Å². The van der Waals surface area contributed by atoms with E-state index < -0.39 is 11.9 Å². The number of ether oxygens (including phenoxy) is 1. The normalized spacial score (nSPS) is 13.3. The van der Waals surface area contributed by atoms with Crippen molar-refractivity contribution in [3.63, 3.8) is 0 Å². The van der Waals surface area contributed by atoms with Gasteiger partial charge in [0.15, 0.2) is 0 Å². The third-order valence-corrected chi connectivity index (χ3v) is 4.23. The van der Waals surface area contributed by atoms with Gasteiger partial charge in [-0.25, -0.2) is 4.79 Å². The summed E-state index contributed by atoms with van der Waals surface area (Å²) in [6, 6.07) is 4.85. The van der Waals surface area contributed by atoms with Crippen LogP contribution in [0.2, 0.25) is 0 Å². The summed E-state index contributed by atoms with van der Waals surface area (Å²) in [5.74, 6) is -0.167. The van der Waals surface area contributed by atoms with E-state index >= 15 is 0 Å². The van der Waals surface area contributed by atoms with E-state index in [1.165, 1.54) is 4.90 Å². The number of methoxy groups -OCH3 is 1. The van der Waals surface area contributed by atoms with Crippen LogP contribution in [0.1, 0.15) is 31.2 Å². The molecule has 2 N–H and O–H groups in total. The fourth-order valence-corrected chi connectivity index (χ4v) is 2.69. The molecule has 0 aliphatic rings. The van der Waals surface area contributed by atoms with Crippen LogP contribution >= 0.6 is 0 Å². The van der Waals surface area contributed by atoms with Gasteiger partial charge in [0, 0.05) is 24.5 Å². The summed E-state index contributed by atoms with van der Waals surface area (Å²) in [6.07, 6.45) is 0. The number of aliphatic carboxylic acids is 1. The Morgan fingerprint density at radius 1 is 1.36 bits per heavy atom. The summed E-state index contributed by atoms with van der Waals surface area (Å²) in [5.41, 5.74) is 1.66. The first-order chi connectivity index (χ1) is 11.7. The molecule has 2 aromatic rings. The van der Waals surface area contributed by atoms with E-state index in [0.717, 1.165) is 22.3 Å². The minimum absolute atomic E-state index is 0.129. The standard InChI is InChI=1S/C18H24N2O5/c1-10(17(21)22)9-20(4)18(23)19-12(3)16-11(2)14-8-13(24-5)6-7-15(14)25-16/h6-8,10,12H,9H2,1-5H3,(H,19,23)(H,21,22). The van der Waals surface area contributed by atoms with E-state index in [4.69, 9.17) is 14.3 Å². The second-order valence-corrected chi connectivity index (χ2v) is 6.24. The Hall–Kier alpha value is -2.70. The minimum atomic E-state index is -0.935. The van der Waals surface area contributed by atoms with Crippen molar-refractivity contribution >= 4 is 23.0 Å². The molecule has 1 aromatic carbocycles. The number of furan rings is 1. The topological polar surface area (TPSA) is 92.0 Å². The second kappa shape index (κ2) is 7.46. The van der Waals surface area contributed by atoms with Crippen LogP contribution in [0, 0.1) is 12.8 Å². The van der Waals surface area contributed by atoms with Crippen LogP contribution in [0.3, 0.4) is 0 Å². The van der Waals surface area contributed by atoms with Gasteiger partial charge in [-0.1, -0.05) is 6.92 Å². The molecule has 0 bridgehead atoms. The summed E-state index contributed by atoms with van der Waals surface area (Å²) < 4.78 is 11.1. The van der Waals surface area contributed by atoms with Gasteiger partial charge in [-0.05, 0) is 32.0 Å². The first-order valence-corrected chi connectivity index (χ1v) is 8.06. The highest BCUT2D eigenvalue weighted by atomic mass is 16.5. The Kier molecular flexibility index (Phi) is 5.56. The van der Waals surface area contributed by atoms with Gasteiger partial charge in [0.25, 0.3) is 0 Å². The Labute approximate surface area is 146 Å². The molecule has 25 heavy (non-hydrogen) atoms. The average molecular weight is 348 g/mol. The molecule has 1 heterocycles.